The minimum absolute atomic E-state index is 0.378. The van der Waals surface area contributed by atoms with Crippen LogP contribution >= 0.6 is 11.3 Å². The van der Waals surface area contributed by atoms with Crippen LogP contribution in [0.5, 0.6) is 0 Å². The third-order valence-corrected chi connectivity index (χ3v) is 5.03. The molecular weight excluding hydrogens is 326 g/mol. The number of pyridine rings is 1. The van der Waals surface area contributed by atoms with Gasteiger partial charge in [-0.3, -0.25) is 9.89 Å². The summed E-state index contributed by atoms with van der Waals surface area (Å²) in [5, 5.41) is 6.94. The molecule has 0 saturated carbocycles. The molecule has 4 aromatic rings. The number of nitrogens with two attached hydrogens (primary N) is 1. The van der Waals surface area contributed by atoms with Crippen LogP contribution < -0.4 is 5.73 Å². The zero-order valence-corrected chi connectivity index (χ0v) is 13.7. The molecule has 8 nitrogen and oxygen atoms in total. The van der Waals surface area contributed by atoms with Crippen LogP contribution in [0, 0.1) is 0 Å². The van der Waals surface area contributed by atoms with Crippen molar-refractivity contribution in [2.75, 3.05) is 12.3 Å². The second-order valence-electron chi connectivity index (χ2n) is 5.37. The number of aromatic nitrogens is 5. The summed E-state index contributed by atoms with van der Waals surface area (Å²) in [7, 11) is 0. The Bertz CT molecular complexity index is 1020. The first-order chi connectivity index (χ1) is 11.7. The van der Waals surface area contributed by atoms with Crippen molar-refractivity contribution in [1.82, 2.24) is 30.0 Å². The second kappa shape index (κ2) is 5.60. The molecule has 9 heteroatoms. The van der Waals surface area contributed by atoms with Gasteiger partial charge in [0.05, 0.1) is 32.8 Å². The number of rotatable bonds is 5. The number of carbonyl (C=O) groups is 1. The van der Waals surface area contributed by atoms with Gasteiger partial charge in [0.25, 0.3) is 0 Å². The largest absolute Gasteiger partial charge is 0.382 e. The zero-order valence-electron chi connectivity index (χ0n) is 12.9. The molecule has 0 fully saturated rings. The Morgan fingerprint density at radius 3 is 3.00 bits per heavy atom. The van der Waals surface area contributed by atoms with Crippen LogP contribution in [0.3, 0.4) is 0 Å². The number of hydrogen-bond acceptors (Lipinski definition) is 6. The maximum Gasteiger partial charge on any atom is 0.210 e. The van der Waals surface area contributed by atoms with E-state index >= 15 is 0 Å². The van der Waals surface area contributed by atoms with Crippen LogP contribution in [0.1, 0.15) is 12.7 Å². The summed E-state index contributed by atoms with van der Waals surface area (Å²) in [6.07, 6.45) is 2.52. The standard InChI is InChI=1S/C15H15N7OS/c1-2-22(7-23)6-11-19-12-13(20-11)15(16)18-9-5-10(24-14(9)12)8-3-4-17-21-8/h3-5,7H,2,6H2,1H3,(H2,16,18)(H,17,21)(H,19,20). The van der Waals surface area contributed by atoms with E-state index in [2.05, 4.69) is 25.1 Å². The monoisotopic (exact) mass is 341 g/mol. The van der Waals surface area contributed by atoms with E-state index in [9.17, 15) is 4.79 Å². The van der Waals surface area contributed by atoms with Crippen molar-refractivity contribution in [3.63, 3.8) is 0 Å². The molecule has 0 aliphatic carbocycles. The number of nitrogens with one attached hydrogen (secondary N) is 2. The van der Waals surface area contributed by atoms with Gasteiger partial charge in [0.2, 0.25) is 6.41 Å². The van der Waals surface area contributed by atoms with Crippen LogP contribution in [0.25, 0.3) is 31.8 Å². The first-order valence-electron chi connectivity index (χ1n) is 7.46. The summed E-state index contributed by atoms with van der Waals surface area (Å²) in [4.78, 5) is 25.9. The normalized spacial score (nSPS) is 11.4. The summed E-state index contributed by atoms with van der Waals surface area (Å²) in [5.41, 5.74) is 9.30. The molecule has 4 rings (SSSR count). The van der Waals surface area contributed by atoms with E-state index in [1.54, 1.807) is 22.4 Å². The number of fused-ring (bicyclic) bond motifs is 3. The van der Waals surface area contributed by atoms with Crippen molar-refractivity contribution < 1.29 is 4.79 Å². The molecule has 0 bridgehead atoms. The molecule has 24 heavy (non-hydrogen) atoms. The van der Waals surface area contributed by atoms with E-state index in [4.69, 9.17) is 5.73 Å². The van der Waals surface area contributed by atoms with Gasteiger partial charge >= 0.3 is 0 Å². The predicted octanol–water partition coefficient (Wildman–Crippen LogP) is 2.12. The molecule has 0 saturated heterocycles. The van der Waals surface area contributed by atoms with Gasteiger partial charge in [-0.05, 0) is 19.1 Å². The smallest absolute Gasteiger partial charge is 0.210 e. The van der Waals surface area contributed by atoms with Crippen molar-refractivity contribution in [1.29, 1.82) is 0 Å². The van der Waals surface area contributed by atoms with Gasteiger partial charge in [-0.2, -0.15) is 5.10 Å². The Morgan fingerprint density at radius 1 is 1.42 bits per heavy atom. The summed E-state index contributed by atoms with van der Waals surface area (Å²) in [6, 6.07) is 3.89. The maximum atomic E-state index is 11.0. The summed E-state index contributed by atoms with van der Waals surface area (Å²) in [5.74, 6) is 1.07. The summed E-state index contributed by atoms with van der Waals surface area (Å²) < 4.78 is 0.983. The van der Waals surface area contributed by atoms with Crippen LogP contribution in [0.15, 0.2) is 18.3 Å². The Labute approximate surface area is 140 Å². The van der Waals surface area contributed by atoms with E-state index in [1.165, 1.54) is 0 Å². The number of imidazole rings is 1. The Morgan fingerprint density at radius 2 is 2.29 bits per heavy atom. The van der Waals surface area contributed by atoms with Gasteiger partial charge in [0.1, 0.15) is 11.3 Å². The fourth-order valence-corrected chi connectivity index (χ4v) is 3.69. The topological polar surface area (TPSA) is 117 Å². The lowest BCUT2D eigenvalue weighted by Crippen LogP contribution is -2.21. The number of hydrogen-bond donors (Lipinski definition) is 3. The first kappa shape index (κ1) is 14.6. The zero-order chi connectivity index (χ0) is 16.7. The van der Waals surface area contributed by atoms with Gasteiger partial charge in [-0.1, -0.05) is 0 Å². The van der Waals surface area contributed by atoms with Crippen LogP contribution in [0.2, 0.25) is 0 Å². The maximum absolute atomic E-state index is 11.0. The SMILES string of the molecule is CCN(C=O)Cc1nc2c(N)nc3cc(-c4ccn[nH]4)sc3c2[nH]1. The summed E-state index contributed by atoms with van der Waals surface area (Å²) >= 11 is 1.59. The number of carbonyl (C=O) groups excluding carboxylic acids is 1. The molecule has 0 aliphatic heterocycles. The number of anilines is 1. The first-order valence-corrected chi connectivity index (χ1v) is 8.28. The predicted molar refractivity (Wildman–Crippen MR) is 93.4 cm³/mol. The minimum Gasteiger partial charge on any atom is -0.382 e. The van der Waals surface area contributed by atoms with Crippen LogP contribution in [-0.2, 0) is 11.3 Å². The molecule has 0 unspecified atom stereocenters. The second-order valence-corrected chi connectivity index (χ2v) is 6.42. The van der Waals surface area contributed by atoms with Crippen molar-refractivity contribution in [3.05, 3.63) is 24.2 Å². The fraction of sp³-hybridized carbons (Fsp3) is 0.200. The van der Waals surface area contributed by atoms with Crippen molar-refractivity contribution in [2.45, 2.75) is 13.5 Å². The summed E-state index contributed by atoms with van der Waals surface area (Å²) in [6.45, 7) is 2.95. The van der Waals surface area contributed by atoms with Crippen LogP contribution in [0.4, 0.5) is 5.82 Å². The average Bonchev–Trinajstić information content (AvgIpc) is 3.30. The molecule has 4 aromatic heterocycles. The molecule has 0 spiro atoms. The lowest BCUT2D eigenvalue weighted by atomic mass is 10.3. The van der Waals surface area contributed by atoms with Crippen molar-refractivity contribution >= 4 is 44.8 Å². The molecule has 4 heterocycles. The van der Waals surface area contributed by atoms with Crippen LogP contribution in [-0.4, -0.2) is 43.0 Å². The fourth-order valence-electron chi connectivity index (χ4n) is 2.61. The van der Waals surface area contributed by atoms with Gasteiger partial charge in [0.15, 0.2) is 5.82 Å². The lowest BCUT2D eigenvalue weighted by Gasteiger charge is -2.11. The van der Waals surface area contributed by atoms with E-state index in [1.807, 2.05) is 19.1 Å². The third kappa shape index (κ3) is 2.29. The highest BCUT2D eigenvalue weighted by atomic mass is 32.1. The van der Waals surface area contributed by atoms with Gasteiger partial charge in [-0.25, -0.2) is 9.97 Å². The number of aromatic amines is 2. The molecule has 0 atom stereocenters. The molecule has 0 radical (unpaired) electrons. The van der Waals surface area contributed by atoms with E-state index in [-0.39, 0.29) is 0 Å². The number of nitrogen functional groups attached to an aromatic ring is 1. The highest BCUT2D eigenvalue weighted by molar-refractivity contribution is 7.23. The van der Waals surface area contributed by atoms with E-state index < -0.39 is 0 Å². The van der Waals surface area contributed by atoms with Gasteiger partial charge < -0.3 is 15.6 Å². The minimum atomic E-state index is 0.378. The molecule has 122 valence electrons. The molecule has 0 aliphatic rings. The van der Waals surface area contributed by atoms with Crippen molar-refractivity contribution in [2.24, 2.45) is 0 Å². The van der Waals surface area contributed by atoms with E-state index in [0.717, 1.165) is 32.7 Å². The highest BCUT2D eigenvalue weighted by Crippen LogP contribution is 2.36. The Hall–Kier alpha value is -2.94. The third-order valence-electron chi connectivity index (χ3n) is 3.85. The Balaban J connectivity index is 1.86. The number of H-pyrrole nitrogens is 2. The van der Waals surface area contributed by atoms with Gasteiger partial charge in [-0.15, -0.1) is 11.3 Å². The molecule has 4 N–H and O–H groups in total. The van der Waals surface area contributed by atoms with Crippen molar-refractivity contribution in [3.8, 4) is 10.6 Å². The van der Waals surface area contributed by atoms with Gasteiger partial charge in [0, 0.05) is 12.7 Å². The average molecular weight is 341 g/mol. The molecule has 1 amide bonds. The lowest BCUT2D eigenvalue weighted by molar-refractivity contribution is -0.118. The quantitative estimate of drug-likeness (QED) is 0.481. The Kier molecular flexibility index (Phi) is 3.42. The molecular formula is C15H15N7OS. The number of nitrogens with zero attached hydrogens (tertiary/aromatic N) is 4. The highest BCUT2D eigenvalue weighted by Gasteiger charge is 2.16. The molecule has 0 aromatic carbocycles. The number of amides is 1. The number of thiophene rings is 1. The van der Waals surface area contributed by atoms with E-state index in [0.29, 0.717) is 30.2 Å².